The molecule has 2 aromatic rings. The molecule has 0 unspecified atom stereocenters. The molecule has 16 heavy (non-hydrogen) atoms. The van der Waals surface area contributed by atoms with E-state index in [1.165, 1.54) is 6.20 Å². The number of ketones is 1. The fraction of sp³-hybridized carbons (Fsp3) is 0. The molecule has 4 heteroatoms. The fourth-order valence-electron chi connectivity index (χ4n) is 1.31. The minimum atomic E-state index is -0.0585. The van der Waals surface area contributed by atoms with Gasteiger partial charge in [-0.3, -0.25) is 4.79 Å². The zero-order valence-electron chi connectivity index (χ0n) is 8.15. The highest BCUT2D eigenvalue weighted by Gasteiger charge is 2.09. The Morgan fingerprint density at radius 3 is 2.44 bits per heavy atom. The first-order valence-corrected chi connectivity index (χ1v) is 5.76. The number of hydrogen-bond donors (Lipinski definition) is 0. The lowest BCUT2D eigenvalue weighted by Crippen LogP contribution is -2.01. The van der Waals surface area contributed by atoms with Gasteiger partial charge < -0.3 is 0 Å². The monoisotopic (exact) mass is 295 g/mol. The van der Waals surface area contributed by atoms with Crippen molar-refractivity contribution >= 4 is 33.3 Å². The average Bonchev–Trinajstić information content (AvgIpc) is 2.29. The molecule has 2 nitrogen and oxygen atoms in total. The molecule has 0 aliphatic rings. The summed E-state index contributed by atoms with van der Waals surface area (Å²) in [5.74, 6) is -0.0585. The van der Waals surface area contributed by atoms with Crippen molar-refractivity contribution in [3.05, 3.63) is 63.3 Å². The van der Waals surface area contributed by atoms with Crippen LogP contribution in [-0.2, 0) is 0 Å². The topological polar surface area (TPSA) is 30.0 Å². The van der Waals surface area contributed by atoms with Gasteiger partial charge in [-0.1, -0.05) is 27.5 Å². The maximum Gasteiger partial charge on any atom is 0.193 e. The van der Waals surface area contributed by atoms with Crippen molar-refractivity contribution in [1.82, 2.24) is 4.98 Å². The van der Waals surface area contributed by atoms with Gasteiger partial charge in [0.2, 0.25) is 0 Å². The maximum atomic E-state index is 12.0. The number of hydrogen-bond acceptors (Lipinski definition) is 2. The van der Waals surface area contributed by atoms with Gasteiger partial charge in [-0.25, -0.2) is 4.98 Å². The van der Waals surface area contributed by atoms with E-state index in [1.54, 1.807) is 24.3 Å². The van der Waals surface area contributed by atoms with Crippen molar-refractivity contribution in [1.29, 1.82) is 0 Å². The Morgan fingerprint density at radius 2 is 1.81 bits per heavy atom. The zero-order chi connectivity index (χ0) is 11.5. The molecule has 0 N–H and O–H groups in total. The lowest BCUT2D eigenvalue weighted by Gasteiger charge is -2.01. The van der Waals surface area contributed by atoms with Gasteiger partial charge in [0.25, 0.3) is 0 Å². The Labute approximate surface area is 106 Å². The van der Waals surface area contributed by atoms with Crippen LogP contribution >= 0.6 is 27.5 Å². The third-order valence-corrected chi connectivity index (χ3v) is 2.83. The third-order valence-electron chi connectivity index (χ3n) is 2.10. The molecule has 1 heterocycles. The number of nitrogens with zero attached hydrogens (tertiary/aromatic N) is 1. The van der Waals surface area contributed by atoms with Crippen LogP contribution in [0.1, 0.15) is 15.9 Å². The minimum Gasteiger partial charge on any atom is -0.289 e. The van der Waals surface area contributed by atoms with Crippen molar-refractivity contribution in [2.24, 2.45) is 0 Å². The summed E-state index contributed by atoms with van der Waals surface area (Å²) in [6.07, 6.45) is 1.52. The second-order valence-corrected chi connectivity index (χ2v) is 4.51. The second kappa shape index (κ2) is 4.76. The molecule has 0 saturated heterocycles. The summed E-state index contributed by atoms with van der Waals surface area (Å²) < 4.78 is 0.941. The number of carbonyl (C=O) groups excluding carboxylic acids is 1. The molecule has 0 saturated carbocycles. The first-order chi connectivity index (χ1) is 7.66. The van der Waals surface area contributed by atoms with Crippen molar-refractivity contribution in [3.63, 3.8) is 0 Å². The van der Waals surface area contributed by atoms with Crippen LogP contribution in [0.25, 0.3) is 0 Å². The molecule has 0 radical (unpaired) electrons. The Balaban J connectivity index is 2.35. The SMILES string of the molecule is O=C(c1ccc(Br)cc1)c1ccnc(Cl)c1. The number of halogens is 2. The smallest absolute Gasteiger partial charge is 0.193 e. The highest BCUT2D eigenvalue weighted by Crippen LogP contribution is 2.15. The van der Waals surface area contributed by atoms with Gasteiger partial charge in [0.05, 0.1) is 0 Å². The first kappa shape index (κ1) is 11.3. The van der Waals surface area contributed by atoms with Crippen LogP contribution in [0.2, 0.25) is 5.15 Å². The Kier molecular flexibility index (Phi) is 3.36. The highest BCUT2D eigenvalue weighted by molar-refractivity contribution is 9.10. The van der Waals surface area contributed by atoms with Crippen molar-refractivity contribution < 1.29 is 4.79 Å². The van der Waals surface area contributed by atoms with E-state index in [2.05, 4.69) is 20.9 Å². The van der Waals surface area contributed by atoms with Crippen LogP contribution in [0.4, 0.5) is 0 Å². The Bertz CT molecular complexity index is 525. The Hall–Kier alpha value is -1.19. The standard InChI is InChI=1S/C12H7BrClNO/c13-10-3-1-8(2-4-10)12(16)9-5-6-15-11(14)7-9/h1-7H. The van der Waals surface area contributed by atoms with Gasteiger partial charge in [0, 0.05) is 21.8 Å². The van der Waals surface area contributed by atoms with Crippen LogP contribution in [0.3, 0.4) is 0 Å². The molecule has 0 bridgehead atoms. The number of carbonyl (C=O) groups is 1. The van der Waals surface area contributed by atoms with E-state index in [0.29, 0.717) is 16.3 Å². The predicted molar refractivity (Wildman–Crippen MR) is 66.8 cm³/mol. The average molecular weight is 297 g/mol. The third kappa shape index (κ3) is 2.49. The van der Waals surface area contributed by atoms with Crippen LogP contribution in [0.5, 0.6) is 0 Å². The van der Waals surface area contributed by atoms with Gasteiger partial charge >= 0.3 is 0 Å². The predicted octanol–water partition coefficient (Wildman–Crippen LogP) is 3.73. The van der Waals surface area contributed by atoms with Crippen LogP contribution in [-0.4, -0.2) is 10.8 Å². The normalized spacial score (nSPS) is 10.1. The number of pyridine rings is 1. The van der Waals surface area contributed by atoms with Crippen LogP contribution < -0.4 is 0 Å². The number of rotatable bonds is 2. The van der Waals surface area contributed by atoms with Gasteiger partial charge in [-0.2, -0.15) is 0 Å². The summed E-state index contributed by atoms with van der Waals surface area (Å²) in [6.45, 7) is 0. The molecule has 0 spiro atoms. The van der Waals surface area contributed by atoms with E-state index in [9.17, 15) is 4.79 Å². The highest BCUT2D eigenvalue weighted by atomic mass is 79.9. The van der Waals surface area contributed by atoms with E-state index in [0.717, 1.165) is 4.47 Å². The van der Waals surface area contributed by atoms with E-state index >= 15 is 0 Å². The molecule has 80 valence electrons. The second-order valence-electron chi connectivity index (χ2n) is 3.20. The van der Waals surface area contributed by atoms with Crippen LogP contribution in [0.15, 0.2) is 47.1 Å². The molecule has 0 aliphatic carbocycles. The van der Waals surface area contributed by atoms with Crippen molar-refractivity contribution in [2.75, 3.05) is 0 Å². The lowest BCUT2D eigenvalue weighted by atomic mass is 10.1. The maximum absolute atomic E-state index is 12.0. The molecular weight excluding hydrogens is 289 g/mol. The molecule has 0 amide bonds. The molecule has 1 aromatic carbocycles. The summed E-state index contributed by atoms with van der Waals surface area (Å²) in [6, 6.07) is 10.4. The van der Waals surface area contributed by atoms with E-state index in [4.69, 9.17) is 11.6 Å². The molecule has 0 fully saturated rings. The number of benzene rings is 1. The molecular formula is C12H7BrClNO. The van der Waals surface area contributed by atoms with E-state index < -0.39 is 0 Å². The summed E-state index contributed by atoms with van der Waals surface area (Å²) in [4.78, 5) is 15.8. The lowest BCUT2D eigenvalue weighted by molar-refractivity contribution is 0.103. The first-order valence-electron chi connectivity index (χ1n) is 4.58. The Morgan fingerprint density at radius 1 is 1.12 bits per heavy atom. The number of aromatic nitrogens is 1. The van der Waals surface area contributed by atoms with Gasteiger partial charge in [-0.05, 0) is 36.4 Å². The quantitative estimate of drug-likeness (QED) is 0.624. The minimum absolute atomic E-state index is 0.0585. The van der Waals surface area contributed by atoms with Crippen molar-refractivity contribution in [3.8, 4) is 0 Å². The zero-order valence-corrected chi connectivity index (χ0v) is 10.5. The summed E-state index contributed by atoms with van der Waals surface area (Å²) in [5, 5.41) is 0.322. The van der Waals surface area contributed by atoms with Gasteiger partial charge in [-0.15, -0.1) is 0 Å². The van der Waals surface area contributed by atoms with Crippen LogP contribution in [0, 0.1) is 0 Å². The van der Waals surface area contributed by atoms with E-state index in [-0.39, 0.29) is 5.78 Å². The van der Waals surface area contributed by atoms with Gasteiger partial charge in [0.1, 0.15) is 5.15 Å². The largest absolute Gasteiger partial charge is 0.289 e. The molecule has 1 aromatic heterocycles. The summed E-state index contributed by atoms with van der Waals surface area (Å²) in [7, 11) is 0. The fourth-order valence-corrected chi connectivity index (χ4v) is 1.75. The molecule has 0 atom stereocenters. The molecule has 2 rings (SSSR count). The van der Waals surface area contributed by atoms with E-state index in [1.807, 2.05) is 12.1 Å². The molecule has 0 aliphatic heterocycles. The summed E-state index contributed by atoms with van der Waals surface area (Å²) >= 11 is 9.05. The summed E-state index contributed by atoms with van der Waals surface area (Å²) in [5.41, 5.74) is 1.17. The van der Waals surface area contributed by atoms with Gasteiger partial charge in [0.15, 0.2) is 5.78 Å². The van der Waals surface area contributed by atoms with Crippen molar-refractivity contribution in [2.45, 2.75) is 0 Å².